The van der Waals surface area contributed by atoms with Gasteiger partial charge in [-0.15, -0.1) is 0 Å². The minimum Gasteiger partial charge on any atom is -0.0473 e. The minimum atomic E-state index is 0.939. The van der Waals surface area contributed by atoms with E-state index in [0.717, 1.165) is 5.41 Å². The van der Waals surface area contributed by atoms with E-state index in [2.05, 4.69) is 0 Å². The molecule has 0 N–H and O–H groups in total. The Labute approximate surface area is 110 Å². The van der Waals surface area contributed by atoms with Crippen LogP contribution in [0.25, 0.3) is 0 Å². The summed E-state index contributed by atoms with van der Waals surface area (Å²) in [6, 6.07) is 0. The first-order valence-electron chi connectivity index (χ1n) is 8.85. The fourth-order valence-corrected chi connectivity index (χ4v) is 10.4. The lowest BCUT2D eigenvalue weighted by atomic mass is 9.33. The summed E-state index contributed by atoms with van der Waals surface area (Å²) in [5, 5.41) is 0. The van der Waals surface area contributed by atoms with Gasteiger partial charge in [0.2, 0.25) is 0 Å². The molecule has 0 nitrogen and oxygen atoms in total. The third kappa shape index (κ3) is 0.657. The quantitative estimate of drug-likeness (QED) is 0.601. The first kappa shape index (κ1) is 9.03. The molecule has 0 aromatic rings. The molecular formula is C18H24. The van der Waals surface area contributed by atoms with Crippen molar-refractivity contribution in [3.8, 4) is 0 Å². The van der Waals surface area contributed by atoms with E-state index in [4.69, 9.17) is 0 Å². The van der Waals surface area contributed by atoms with Crippen LogP contribution in [0.15, 0.2) is 0 Å². The van der Waals surface area contributed by atoms with Crippen LogP contribution in [0, 0.1) is 64.6 Å². The zero-order chi connectivity index (χ0) is 11.2. The zero-order valence-corrected chi connectivity index (χ0v) is 11.2. The van der Waals surface area contributed by atoms with Gasteiger partial charge in [-0.05, 0) is 110 Å². The number of hydrogen-bond donors (Lipinski definition) is 0. The molecule has 0 heterocycles. The summed E-state index contributed by atoms with van der Waals surface area (Å²) in [6.07, 6.45) is 11.8. The molecule has 0 heteroatoms. The number of rotatable bonds is 0. The van der Waals surface area contributed by atoms with Gasteiger partial charge in [0.1, 0.15) is 0 Å². The maximum absolute atomic E-state index is 1.71. The molecule has 18 heavy (non-hydrogen) atoms. The second-order valence-corrected chi connectivity index (χ2v) is 9.60. The first-order valence-corrected chi connectivity index (χ1v) is 8.85. The molecule has 8 aliphatic rings. The van der Waals surface area contributed by atoms with Crippen LogP contribution in [0.2, 0.25) is 0 Å². The molecule has 0 amide bonds. The molecule has 0 radical (unpaired) electrons. The van der Waals surface area contributed by atoms with Crippen LogP contribution < -0.4 is 0 Å². The summed E-state index contributed by atoms with van der Waals surface area (Å²) in [5.41, 5.74) is 0.939. The molecule has 0 aliphatic heterocycles. The molecule has 0 saturated heterocycles. The summed E-state index contributed by atoms with van der Waals surface area (Å²) in [4.78, 5) is 0. The molecule has 8 fully saturated rings. The molecule has 11 atom stereocenters. The predicted molar refractivity (Wildman–Crippen MR) is 69.7 cm³/mol. The highest BCUT2D eigenvalue weighted by Gasteiger charge is 2.78. The highest BCUT2D eigenvalue weighted by molar-refractivity contribution is 5.26. The topological polar surface area (TPSA) is 0 Å². The molecule has 8 aliphatic carbocycles. The molecular weight excluding hydrogens is 216 g/mol. The Balaban J connectivity index is 1.60. The maximum Gasteiger partial charge on any atom is -0.0225 e. The number of hydrogen-bond acceptors (Lipinski definition) is 0. The molecule has 96 valence electrons. The van der Waals surface area contributed by atoms with E-state index in [1.807, 2.05) is 0 Å². The SMILES string of the molecule is C1C2CC3C4CC1C1C5CC6CC(C45)C3C1(C2)C6. The van der Waals surface area contributed by atoms with E-state index >= 15 is 0 Å². The summed E-state index contributed by atoms with van der Waals surface area (Å²) in [7, 11) is 0. The van der Waals surface area contributed by atoms with E-state index in [-0.39, 0.29) is 0 Å². The fraction of sp³-hybridized carbons (Fsp3) is 1.00. The van der Waals surface area contributed by atoms with Gasteiger partial charge >= 0.3 is 0 Å². The Bertz CT molecular complexity index is 457. The van der Waals surface area contributed by atoms with Crippen molar-refractivity contribution in [1.29, 1.82) is 0 Å². The van der Waals surface area contributed by atoms with Gasteiger partial charge in [-0.2, -0.15) is 0 Å². The molecule has 1 spiro atoms. The van der Waals surface area contributed by atoms with Crippen molar-refractivity contribution >= 4 is 0 Å². The van der Waals surface area contributed by atoms with E-state index in [9.17, 15) is 0 Å². The molecule has 8 saturated carbocycles. The van der Waals surface area contributed by atoms with E-state index < -0.39 is 0 Å². The Morgan fingerprint density at radius 3 is 2.22 bits per heavy atom. The molecule has 8 rings (SSSR count). The third-order valence-corrected chi connectivity index (χ3v) is 9.62. The molecule has 11 unspecified atom stereocenters. The van der Waals surface area contributed by atoms with E-state index in [1.54, 1.807) is 44.9 Å². The molecule has 8 bridgehead atoms. The maximum atomic E-state index is 1.71. The van der Waals surface area contributed by atoms with Crippen molar-refractivity contribution in [2.24, 2.45) is 64.6 Å². The van der Waals surface area contributed by atoms with Crippen LogP contribution in [0.1, 0.15) is 44.9 Å². The van der Waals surface area contributed by atoms with Crippen molar-refractivity contribution < 1.29 is 0 Å². The van der Waals surface area contributed by atoms with Gasteiger partial charge in [0, 0.05) is 0 Å². The third-order valence-electron chi connectivity index (χ3n) is 9.62. The van der Waals surface area contributed by atoms with Gasteiger partial charge in [0.25, 0.3) is 0 Å². The van der Waals surface area contributed by atoms with Crippen LogP contribution >= 0.6 is 0 Å². The highest BCUT2D eigenvalue weighted by Crippen LogP contribution is 2.84. The Morgan fingerprint density at radius 1 is 0.611 bits per heavy atom. The number of fused-ring (bicyclic) bond motifs is 2. The first-order chi connectivity index (χ1) is 8.85. The second-order valence-electron chi connectivity index (χ2n) is 9.60. The van der Waals surface area contributed by atoms with Gasteiger partial charge in [-0.3, -0.25) is 0 Å². The van der Waals surface area contributed by atoms with Gasteiger partial charge in [-0.25, -0.2) is 0 Å². The van der Waals surface area contributed by atoms with E-state index in [0.29, 0.717) is 0 Å². The summed E-state index contributed by atoms with van der Waals surface area (Å²) in [6.45, 7) is 0. The van der Waals surface area contributed by atoms with Gasteiger partial charge in [0.15, 0.2) is 0 Å². The van der Waals surface area contributed by atoms with Crippen molar-refractivity contribution in [2.45, 2.75) is 44.9 Å². The Kier molecular flexibility index (Phi) is 1.18. The van der Waals surface area contributed by atoms with Crippen LogP contribution in [-0.4, -0.2) is 0 Å². The van der Waals surface area contributed by atoms with Crippen LogP contribution in [0.5, 0.6) is 0 Å². The summed E-state index contributed by atoms with van der Waals surface area (Å²) < 4.78 is 0. The largest absolute Gasteiger partial charge is 0.0473 e. The van der Waals surface area contributed by atoms with Crippen molar-refractivity contribution in [3.05, 3.63) is 0 Å². The average Bonchev–Trinajstić information content (AvgIpc) is 2.53. The monoisotopic (exact) mass is 240 g/mol. The lowest BCUT2D eigenvalue weighted by Gasteiger charge is -2.72. The second kappa shape index (κ2) is 2.35. The Hall–Kier alpha value is 0. The highest BCUT2D eigenvalue weighted by atomic mass is 14.8. The van der Waals surface area contributed by atoms with Gasteiger partial charge < -0.3 is 0 Å². The smallest absolute Gasteiger partial charge is 0.0225 e. The van der Waals surface area contributed by atoms with Crippen molar-refractivity contribution in [1.82, 2.24) is 0 Å². The van der Waals surface area contributed by atoms with E-state index in [1.165, 1.54) is 59.2 Å². The van der Waals surface area contributed by atoms with Crippen LogP contribution in [0.4, 0.5) is 0 Å². The van der Waals surface area contributed by atoms with Crippen LogP contribution in [-0.2, 0) is 0 Å². The lowest BCUT2D eigenvalue weighted by Crippen LogP contribution is -2.65. The Morgan fingerprint density at radius 2 is 1.33 bits per heavy atom. The summed E-state index contributed by atoms with van der Waals surface area (Å²) >= 11 is 0. The molecule has 0 aromatic heterocycles. The summed E-state index contributed by atoms with van der Waals surface area (Å²) in [5.74, 6) is 12.3. The fourth-order valence-electron chi connectivity index (χ4n) is 10.4. The standard InChI is InChI=1S/C18H24/c1-8-2-12-11-5-10(1)16-13-3-9-4-14(15(11)13)17(12)18(16,6-8)7-9/h8-17H,1-7H2. The van der Waals surface area contributed by atoms with Crippen molar-refractivity contribution in [2.75, 3.05) is 0 Å². The van der Waals surface area contributed by atoms with Gasteiger partial charge in [0.05, 0.1) is 0 Å². The minimum absolute atomic E-state index is 0.939. The zero-order valence-electron chi connectivity index (χ0n) is 11.2. The predicted octanol–water partition coefficient (Wildman–Crippen LogP) is 3.96. The van der Waals surface area contributed by atoms with Crippen molar-refractivity contribution in [3.63, 3.8) is 0 Å². The lowest BCUT2D eigenvalue weighted by molar-refractivity contribution is -0.237. The van der Waals surface area contributed by atoms with Crippen LogP contribution in [0.3, 0.4) is 0 Å². The normalized spacial score (nSPS) is 80.0. The van der Waals surface area contributed by atoms with Gasteiger partial charge in [-0.1, -0.05) is 0 Å². The molecule has 0 aromatic carbocycles. The average molecular weight is 240 g/mol.